The number of benzene rings is 3. The van der Waals surface area contributed by atoms with E-state index >= 15 is 0 Å². The molecule has 0 bridgehead atoms. The summed E-state index contributed by atoms with van der Waals surface area (Å²) in [6.45, 7) is 0. The third-order valence-electron chi connectivity index (χ3n) is 3.56. The van der Waals surface area contributed by atoms with Crippen LogP contribution in [0.4, 0.5) is 8.78 Å². The molecule has 0 N–H and O–H groups in total. The highest BCUT2D eigenvalue weighted by molar-refractivity contribution is 8.17. The fraction of sp³-hybridized carbons (Fsp3) is 0. The standard InChI is InChI=1S/C18H12F2OS/c19-12-6-8-17-15(10-12)21-16-11-13(20)7-9-18(16)22(17)14-4-2-1-3-5-14/h1-11,22H. The van der Waals surface area contributed by atoms with E-state index in [1.807, 2.05) is 30.3 Å². The first kappa shape index (κ1) is 13.3. The first-order chi connectivity index (χ1) is 10.7. The van der Waals surface area contributed by atoms with E-state index in [0.29, 0.717) is 11.5 Å². The molecule has 0 saturated heterocycles. The van der Waals surface area contributed by atoms with Crippen LogP contribution in [0.5, 0.6) is 11.5 Å². The maximum absolute atomic E-state index is 13.5. The minimum absolute atomic E-state index is 0.360. The zero-order valence-electron chi connectivity index (χ0n) is 11.5. The lowest BCUT2D eigenvalue weighted by atomic mass is 10.3. The highest BCUT2D eigenvalue weighted by Crippen LogP contribution is 2.61. The third kappa shape index (κ3) is 2.16. The quantitative estimate of drug-likeness (QED) is 0.453. The summed E-state index contributed by atoms with van der Waals surface area (Å²) < 4.78 is 32.8. The molecule has 4 heteroatoms. The van der Waals surface area contributed by atoms with E-state index in [1.165, 1.54) is 24.3 Å². The molecule has 1 aliphatic heterocycles. The van der Waals surface area contributed by atoms with Crippen LogP contribution < -0.4 is 4.74 Å². The van der Waals surface area contributed by atoms with Crippen LogP contribution in [0.25, 0.3) is 0 Å². The fourth-order valence-electron chi connectivity index (χ4n) is 2.61. The van der Waals surface area contributed by atoms with Gasteiger partial charge in [-0.25, -0.2) is 8.78 Å². The molecule has 1 aliphatic rings. The maximum Gasteiger partial charge on any atom is 0.142 e. The van der Waals surface area contributed by atoms with Crippen LogP contribution in [0.3, 0.4) is 0 Å². The molecule has 0 fully saturated rings. The Balaban J connectivity index is 1.97. The molecule has 0 spiro atoms. The van der Waals surface area contributed by atoms with Gasteiger partial charge in [0.25, 0.3) is 0 Å². The van der Waals surface area contributed by atoms with E-state index in [2.05, 4.69) is 0 Å². The van der Waals surface area contributed by atoms with Crippen LogP contribution in [0.1, 0.15) is 0 Å². The molecule has 1 nitrogen and oxygen atoms in total. The third-order valence-corrected chi connectivity index (χ3v) is 6.08. The molecule has 0 unspecified atom stereocenters. The Bertz CT molecular complexity index is 797. The lowest BCUT2D eigenvalue weighted by Gasteiger charge is -2.31. The van der Waals surface area contributed by atoms with Gasteiger partial charge in [-0.15, -0.1) is 0 Å². The molecular weight excluding hydrogens is 302 g/mol. The largest absolute Gasteiger partial charge is 0.455 e. The van der Waals surface area contributed by atoms with Crippen LogP contribution in [-0.4, -0.2) is 0 Å². The Hall–Kier alpha value is -2.33. The van der Waals surface area contributed by atoms with Gasteiger partial charge in [-0.3, -0.25) is 0 Å². The van der Waals surface area contributed by atoms with Crippen LogP contribution in [0.15, 0.2) is 81.4 Å². The molecule has 0 radical (unpaired) electrons. The van der Waals surface area contributed by atoms with Gasteiger partial charge in [0.1, 0.15) is 23.1 Å². The van der Waals surface area contributed by atoms with E-state index in [-0.39, 0.29) is 11.6 Å². The SMILES string of the molecule is Fc1ccc2c(c1)Oc1cc(F)ccc1[SH]2c1ccccc1. The van der Waals surface area contributed by atoms with Crippen molar-refractivity contribution < 1.29 is 13.5 Å². The number of rotatable bonds is 1. The van der Waals surface area contributed by atoms with Crippen molar-refractivity contribution in [3.63, 3.8) is 0 Å². The zero-order valence-corrected chi connectivity index (χ0v) is 12.4. The topological polar surface area (TPSA) is 9.23 Å². The van der Waals surface area contributed by atoms with Gasteiger partial charge in [-0.05, 0) is 41.3 Å². The van der Waals surface area contributed by atoms with Gasteiger partial charge < -0.3 is 4.74 Å². The second-order valence-electron chi connectivity index (χ2n) is 5.00. The van der Waals surface area contributed by atoms with Crippen molar-refractivity contribution in [2.45, 2.75) is 14.7 Å². The number of fused-ring (bicyclic) bond motifs is 2. The number of thiol groups is 1. The monoisotopic (exact) mass is 314 g/mol. The van der Waals surface area contributed by atoms with Crippen molar-refractivity contribution in [1.29, 1.82) is 0 Å². The van der Waals surface area contributed by atoms with Crippen molar-refractivity contribution in [2.24, 2.45) is 0 Å². The summed E-state index contributed by atoms with van der Waals surface area (Å²) in [5.41, 5.74) is 0. The van der Waals surface area contributed by atoms with Crippen LogP contribution in [0.2, 0.25) is 0 Å². The van der Waals surface area contributed by atoms with E-state index in [1.54, 1.807) is 12.1 Å². The van der Waals surface area contributed by atoms with Crippen LogP contribution in [-0.2, 0) is 0 Å². The predicted octanol–water partition coefficient (Wildman–Crippen LogP) is 5.55. The molecular formula is C18H12F2OS. The molecule has 0 atom stereocenters. The second-order valence-corrected chi connectivity index (χ2v) is 7.15. The summed E-state index contributed by atoms with van der Waals surface area (Å²) in [5.74, 6) is 0.212. The average Bonchev–Trinajstić information content (AvgIpc) is 2.53. The van der Waals surface area contributed by atoms with Crippen molar-refractivity contribution in [2.75, 3.05) is 0 Å². The lowest BCUT2D eigenvalue weighted by Crippen LogP contribution is -2.02. The van der Waals surface area contributed by atoms with Gasteiger partial charge in [0, 0.05) is 21.9 Å². The summed E-state index contributed by atoms with van der Waals surface area (Å²) in [7, 11) is -0.882. The highest BCUT2D eigenvalue weighted by atomic mass is 32.2. The van der Waals surface area contributed by atoms with Crippen molar-refractivity contribution in [3.05, 3.63) is 78.4 Å². The summed E-state index contributed by atoms with van der Waals surface area (Å²) in [6.07, 6.45) is 0. The molecule has 22 heavy (non-hydrogen) atoms. The van der Waals surface area contributed by atoms with Crippen molar-refractivity contribution in [3.8, 4) is 11.5 Å². The minimum atomic E-state index is -0.882. The summed E-state index contributed by atoms with van der Waals surface area (Å²) in [4.78, 5) is 3.02. The first-order valence-electron chi connectivity index (χ1n) is 6.84. The number of ether oxygens (including phenoxy) is 1. The zero-order chi connectivity index (χ0) is 15.1. The van der Waals surface area contributed by atoms with Gasteiger partial charge in [0.15, 0.2) is 0 Å². The molecule has 0 aliphatic carbocycles. The summed E-state index contributed by atoms with van der Waals surface area (Å²) >= 11 is 0. The number of hydrogen-bond donors (Lipinski definition) is 1. The molecule has 0 aromatic heterocycles. The average molecular weight is 314 g/mol. The first-order valence-corrected chi connectivity index (χ1v) is 8.19. The number of hydrogen-bond acceptors (Lipinski definition) is 1. The van der Waals surface area contributed by atoms with Crippen LogP contribution in [0, 0.1) is 11.6 Å². The molecule has 110 valence electrons. The minimum Gasteiger partial charge on any atom is -0.455 e. The fourth-order valence-corrected chi connectivity index (χ4v) is 5.01. The van der Waals surface area contributed by atoms with Gasteiger partial charge in [0.05, 0.1) is 0 Å². The molecule has 0 saturated carbocycles. The van der Waals surface area contributed by atoms with Crippen molar-refractivity contribution >= 4 is 10.9 Å². The predicted molar refractivity (Wildman–Crippen MR) is 83.1 cm³/mol. The van der Waals surface area contributed by atoms with Crippen LogP contribution >= 0.6 is 10.9 Å². The summed E-state index contributed by atoms with van der Waals surface area (Å²) in [5, 5.41) is 0. The summed E-state index contributed by atoms with van der Waals surface area (Å²) in [6, 6.07) is 19.1. The molecule has 0 amide bonds. The number of halogens is 2. The molecule has 1 heterocycles. The van der Waals surface area contributed by atoms with E-state index in [9.17, 15) is 8.78 Å². The molecule has 4 rings (SSSR count). The molecule has 3 aromatic rings. The smallest absolute Gasteiger partial charge is 0.142 e. The highest BCUT2D eigenvalue weighted by Gasteiger charge is 2.26. The Morgan fingerprint density at radius 2 is 1.23 bits per heavy atom. The Morgan fingerprint density at radius 3 is 1.77 bits per heavy atom. The second kappa shape index (κ2) is 5.14. The normalized spacial score (nSPS) is 14.0. The van der Waals surface area contributed by atoms with Gasteiger partial charge in [-0.1, -0.05) is 18.2 Å². The van der Waals surface area contributed by atoms with E-state index < -0.39 is 10.9 Å². The van der Waals surface area contributed by atoms with Gasteiger partial charge in [0.2, 0.25) is 0 Å². The maximum atomic E-state index is 13.5. The Morgan fingerprint density at radius 1 is 0.682 bits per heavy atom. The Kier molecular flexibility index (Phi) is 3.12. The van der Waals surface area contributed by atoms with Gasteiger partial charge >= 0.3 is 0 Å². The van der Waals surface area contributed by atoms with E-state index in [4.69, 9.17) is 4.74 Å². The molecule has 3 aromatic carbocycles. The van der Waals surface area contributed by atoms with E-state index in [0.717, 1.165) is 14.7 Å². The van der Waals surface area contributed by atoms with Gasteiger partial charge in [-0.2, -0.15) is 10.9 Å². The van der Waals surface area contributed by atoms with Crippen molar-refractivity contribution in [1.82, 2.24) is 0 Å². The lowest BCUT2D eigenvalue weighted by molar-refractivity contribution is 0.443. The Labute approximate surface area is 129 Å².